The monoisotopic (exact) mass is 403 g/mol. The normalized spacial score (nSPS) is 11.3. The third-order valence-corrected chi connectivity index (χ3v) is 7.63. The minimum atomic E-state index is -3.56. The van der Waals surface area contributed by atoms with Crippen LogP contribution < -0.4 is 4.72 Å². The highest BCUT2D eigenvalue weighted by molar-refractivity contribution is 9.11. The molecule has 0 aliphatic rings. The summed E-state index contributed by atoms with van der Waals surface area (Å²) in [6.07, 6.45) is 1.79. The number of sulfonamides is 1. The summed E-state index contributed by atoms with van der Waals surface area (Å²) in [5.41, 5.74) is 1.50. The number of para-hydroxylation sites is 1. The predicted octanol–water partition coefficient (Wildman–Crippen LogP) is 4.90. The van der Waals surface area contributed by atoms with Gasteiger partial charge in [-0.05, 0) is 46.6 Å². The highest BCUT2D eigenvalue weighted by Crippen LogP contribution is 2.33. The van der Waals surface area contributed by atoms with Crippen LogP contribution in [0.25, 0.3) is 0 Å². The summed E-state index contributed by atoms with van der Waals surface area (Å²) in [4.78, 5) is 0.883. The molecule has 0 amide bonds. The minimum absolute atomic E-state index is 0.301. The van der Waals surface area contributed by atoms with Gasteiger partial charge in [0.2, 0.25) is 0 Å². The van der Waals surface area contributed by atoms with Crippen LogP contribution in [0, 0.1) is 6.92 Å². The number of hydrogen-bond donors (Lipinski definition) is 1. The smallest absolute Gasteiger partial charge is 0.271 e. The molecule has 0 saturated carbocycles. The molecule has 0 radical (unpaired) electrons. The van der Waals surface area contributed by atoms with Gasteiger partial charge in [0.15, 0.2) is 0 Å². The molecule has 2 rings (SSSR count). The molecule has 0 unspecified atom stereocenters. The van der Waals surface area contributed by atoms with Crippen LogP contribution in [0.2, 0.25) is 0 Å². The van der Waals surface area contributed by atoms with E-state index in [1.807, 2.05) is 25.1 Å². The second-order valence-corrected chi connectivity index (χ2v) is 9.56. The molecule has 0 saturated heterocycles. The second-order valence-electron chi connectivity index (χ2n) is 4.22. The van der Waals surface area contributed by atoms with E-state index in [1.54, 1.807) is 30.0 Å². The lowest BCUT2D eigenvalue weighted by Crippen LogP contribution is -2.12. The van der Waals surface area contributed by atoms with Gasteiger partial charge in [0.25, 0.3) is 10.0 Å². The van der Waals surface area contributed by atoms with Gasteiger partial charge < -0.3 is 0 Å². The largest absolute Gasteiger partial charge is 0.278 e. The molecule has 0 atom stereocenters. The molecule has 3 nitrogen and oxygen atoms in total. The number of hydrogen-bond acceptors (Lipinski definition) is 4. The lowest BCUT2D eigenvalue weighted by molar-refractivity contribution is 0.603. The molecular weight excluding hydrogens is 390 g/mol. The van der Waals surface area contributed by atoms with E-state index in [1.165, 1.54) is 11.3 Å². The fourth-order valence-electron chi connectivity index (χ4n) is 1.58. The van der Waals surface area contributed by atoms with Gasteiger partial charge in [0, 0.05) is 10.6 Å². The Hall–Kier alpha value is -0.760. The van der Waals surface area contributed by atoms with Gasteiger partial charge in [0.05, 0.1) is 9.47 Å². The van der Waals surface area contributed by atoms with Crippen molar-refractivity contribution in [2.45, 2.75) is 16.0 Å². The Bertz CT molecular complexity index is 734. The van der Waals surface area contributed by atoms with Crippen LogP contribution in [0.3, 0.4) is 0 Å². The van der Waals surface area contributed by atoms with E-state index in [4.69, 9.17) is 0 Å². The summed E-state index contributed by atoms with van der Waals surface area (Å²) in [5.74, 6) is 0.725. The molecule has 0 aliphatic heterocycles. The van der Waals surface area contributed by atoms with Crippen molar-refractivity contribution in [1.29, 1.82) is 0 Å². The molecule has 1 N–H and O–H groups in total. The van der Waals surface area contributed by atoms with E-state index in [9.17, 15) is 8.42 Å². The third-order valence-electron chi connectivity index (χ3n) is 2.59. The van der Waals surface area contributed by atoms with Crippen LogP contribution in [-0.2, 0) is 10.0 Å². The first-order valence-electron chi connectivity index (χ1n) is 6.05. The maximum absolute atomic E-state index is 12.4. The van der Waals surface area contributed by atoms with Gasteiger partial charge in [-0.3, -0.25) is 4.72 Å². The van der Waals surface area contributed by atoms with Crippen molar-refractivity contribution in [1.82, 2.24) is 0 Å². The van der Waals surface area contributed by atoms with Crippen molar-refractivity contribution in [2.75, 3.05) is 10.5 Å². The minimum Gasteiger partial charge on any atom is -0.278 e. The SMILES string of the molecule is C=CCSc1ccccc1NS(=O)(=O)c1cc(C)c(Br)s1. The van der Waals surface area contributed by atoms with E-state index in [-0.39, 0.29) is 0 Å². The Kier molecular flexibility index (Phi) is 5.54. The molecule has 1 aromatic heterocycles. The van der Waals surface area contributed by atoms with Gasteiger partial charge in [-0.15, -0.1) is 29.7 Å². The quantitative estimate of drug-likeness (QED) is 0.550. The summed E-state index contributed by atoms with van der Waals surface area (Å²) in [6, 6.07) is 9.01. The lowest BCUT2D eigenvalue weighted by atomic mass is 10.3. The topological polar surface area (TPSA) is 46.2 Å². The fraction of sp³-hybridized carbons (Fsp3) is 0.143. The molecule has 112 valence electrons. The first kappa shape index (κ1) is 16.6. The number of anilines is 1. The van der Waals surface area contributed by atoms with Gasteiger partial charge in [-0.1, -0.05) is 18.2 Å². The van der Waals surface area contributed by atoms with Crippen LogP contribution in [0.15, 0.2) is 55.9 Å². The van der Waals surface area contributed by atoms with Crippen LogP contribution in [-0.4, -0.2) is 14.2 Å². The molecule has 0 bridgehead atoms. The number of aryl methyl sites for hydroxylation is 1. The average Bonchev–Trinajstić information content (AvgIpc) is 2.78. The number of thiophene rings is 1. The van der Waals surface area contributed by atoms with Crippen molar-refractivity contribution in [3.63, 3.8) is 0 Å². The molecule has 7 heteroatoms. The Morgan fingerprint density at radius 1 is 1.43 bits per heavy atom. The molecular formula is C14H14BrNO2S3. The Labute approximate surface area is 141 Å². The summed E-state index contributed by atoms with van der Waals surface area (Å²) in [5, 5.41) is 0. The van der Waals surface area contributed by atoms with Gasteiger partial charge in [0.1, 0.15) is 4.21 Å². The van der Waals surface area contributed by atoms with E-state index in [0.717, 1.165) is 20.0 Å². The van der Waals surface area contributed by atoms with Crippen molar-refractivity contribution in [2.24, 2.45) is 0 Å². The maximum Gasteiger partial charge on any atom is 0.271 e. The summed E-state index contributed by atoms with van der Waals surface area (Å²) in [7, 11) is -3.56. The van der Waals surface area contributed by atoms with Gasteiger partial charge in [-0.2, -0.15) is 0 Å². The lowest BCUT2D eigenvalue weighted by Gasteiger charge is -2.10. The maximum atomic E-state index is 12.4. The van der Waals surface area contributed by atoms with E-state index < -0.39 is 10.0 Å². The van der Waals surface area contributed by atoms with E-state index in [0.29, 0.717) is 9.90 Å². The zero-order chi connectivity index (χ0) is 15.5. The Balaban J connectivity index is 2.30. The molecule has 21 heavy (non-hydrogen) atoms. The molecule has 1 heterocycles. The van der Waals surface area contributed by atoms with Crippen LogP contribution in [0.5, 0.6) is 0 Å². The number of nitrogens with one attached hydrogen (secondary N) is 1. The molecule has 2 aromatic rings. The Morgan fingerprint density at radius 3 is 2.76 bits per heavy atom. The van der Waals surface area contributed by atoms with Gasteiger partial charge in [-0.25, -0.2) is 8.42 Å². The first-order valence-corrected chi connectivity index (χ1v) is 10.1. The third kappa shape index (κ3) is 4.12. The fourth-order valence-corrected chi connectivity index (χ4v) is 5.70. The summed E-state index contributed by atoms with van der Waals surface area (Å²) >= 11 is 6.10. The molecule has 1 aromatic carbocycles. The van der Waals surface area contributed by atoms with Crippen LogP contribution in [0.1, 0.15) is 5.56 Å². The highest BCUT2D eigenvalue weighted by atomic mass is 79.9. The standard InChI is InChI=1S/C14H14BrNO2S3/c1-3-8-19-12-7-5-4-6-11(12)16-21(17,18)13-9-10(2)14(15)20-13/h3-7,9,16H,1,8H2,2H3. The van der Waals surface area contributed by atoms with E-state index in [2.05, 4.69) is 27.2 Å². The number of benzene rings is 1. The predicted molar refractivity (Wildman–Crippen MR) is 94.9 cm³/mol. The summed E-state index contributed by atoms with van der Waals surface area (Å²) < 4.78 is 28.7. The van der Waals surface area contributed by atoms with Crippen LogP contribution in [0.4, 0.5) is 5.69 Å². The molecule has 0 spiro atoms. The second kappa shape index (κ2) is 7.00. The van der Waals surface area contributed by atoms with Gasteiger partial charge >= 0.3 is 0 Å². The summed E-state index contributed by atoms with van der Waals surface area (Å²) in [6.45, 7) is 5.55. The molecule has 0 aliphatic carbocycles. The average molecular weight is 404 g/mol. The first-order chi connectivity index (χ1) is 9.94. The zero-order valence-corrected chi connectivity index (χ0v) is 15.3. The number of thioether (sulfide) groups is 1. The zero-order valence-electron chi connectivity index (χ0n) is 11.3. The van der Waals surface area contributed by atoms with Crippen molar-refractivity contribution >= 4 is 54.7 Å². The highest BCUT2D eigenvalue weighted by Gasteiger charge is 2.19. The Morgan fingerprint density at radius 2 is 2.14 bits per heavy atom. The number of rotatable bonds is 6. The van der Waals surface area contributed by atoms with Crippen molar-refractivity contribution < 1.29 is 8.42 Å². The molecule has 0 fully saturated rings. The number of halogens is 1. The van der Waals surface area contributed by atoms with Crippen molar-refractivity contribution in [3.8, 4) is 0 Å². The van der Waals surface area contributed by atoms with Crippen molar-refractivity contribution in [3.05, 3.63) is 52.3 Å². The van der Waals surface area contributed by atoms with Crippen LogP contribution >= 0.6 is 39.0 Å². The van der Waals surface area contributed by atoms with E-state index >= 15 is 0 Å².